The standard InChI is InChI=1S/C43H65N5O9S/c1-10-12-15-22-56-48(41(53)37(28(5)11-2)46-39(52)34-16-13-14-21-47(34)9)35(27(3)4)24-36(57-29(6)49)40-45-33(26-58-40)38(51)44-31(25-43(7,8)42(54)55)23-30-17-19-32(50)20-18-30/h17-20,26,28,31,34-37,50H,3,10-16,21-25H2,1-2,4-9H3,(H,44,51)(H,46,52)(H,54,55)/t28-,31-,34+,35+,36+,37-/m0/s1. The number of phenolic OH excluding ortho intramolecular Hbond substituents is 1. The van der Waals surface area contributed by atoms with E-state index in [1.165, 1.54) is 29.5 Å². The molecule has 2 aromatic rings. The first-order valence-electron chi connectivity index (χ1n) is 20.4. The topological polar surface area (TPSA) is 188 Å². The first kappa shape index (κ1) is 48.0. The molecule has 1 fully saturated rings. The summed E-state index contributed by atoms with van der Waals surface area (Å²) in [4.78, 5) is 79.6. The molecular weight excluding hydrogens is 763 g/mol. The third-order valence-electron chi connectivity index (χ3n) is 10.8. The molecule has 58 heavy (non-hydrogen) atoms. The minimum absolute atomic E-state index is 0.00577. The van der Waals surface area contributed by atoms with Crippen LogP contribution in [0.1, 0.15) is 133 Å². The van der Waals surface area contributed by atoms with Crippen molar-refractivity contribution in [1.29, 1.82) is 0 Å². The van der Waals surface area contributed by atoms with E-state index in [0.717, 1.165) is 49.1 Å². The number of hydroxylamine groups is 2. The number of benzene rings is 1. The molecule has 1 aromatic heterocycles. The fourth-order valence-electron chi connectivity index (χ4n) is 6.99. The highest BCUT2D eigenvalue weighted by atomic mass is 32.1. The highest BCUT2D eigenvalue weighted by molar-refractivity contribution is 7.09. The predicted molar refractivity (Wildman–Crippen MR) is 223 cm³/mol. The monoisotopic (exact) mass is 827 g/mol. The van der Waals surface area contributed by atoms with Gasteiger partial charge in [0.15, 0.2) is 6.10 Å². The Morgan fingerprint density at radius 1 is 1.09 bits per heavy atom. The highest BCUT2D eigenvalue weighted by Gasteiger charge is 2.39. The van der Waals surface area contributed by atoms with Crippen LogP contribution in [-0.2, 0) is 35.2 Å². The van der Waals surface area contributed by atoms with Crippen molar-refractivity contribution >= 4 is 41.0 Å². The summed E-state index contributed by atoms with van der Waals surface area (Å²) in [5.41, 5.74) is 0.223. The molecule has 1 saturated heterocycles. The molecule has 6 atom stereocenters. The Bertz CT molecular complexity index is 1700. The van der Waals surface area contributed by atoms with E-state index in [1.54, 1.807) is 32.9 Å². The predicted octanol–water partition coefficient (Wildman–Crippen LogP) is 6.60. The van der Waals surface area contributed by atoms with Crippen LogP contribution < -0.4 is 10.6 Å². The Kier molecular flexibility index (Phi) is 18.8. The lowest BCUT2D eigenvalue weighted by atomic mass is 9.84. The van der Waals surface area contributed by atoms with E-state index in [-0.39, 0.29) is 48.8 Å². The average Bonchev–Trinajstić information content (AvgIpc) is 3.67. The Morgan fingerprint density at radius 3 is 2.36 bits per heavy atom. The van der Waals surface area contributed by atoms with Crippen LogP contribution in [0.4, 0.5) is 0 Å². The molecule has 1 aliphatic heterocycles. The highest BCUT2D eigenvalue weighted by Crippen LogP contribution is 2.32. The lowest BCUT2D eigenvalue weighted by Crippen LogP contribution is -2.58. The van der Waals surface area contributed by atoms with Crippen molar-refractivity contribution in [2.24, 2.45) is 11.3 Å². The first-order chi connectivity index (χ1) is 27.4. The largest absolute Gasteiger partial charge is 0.508 e. The van der Waals surface area contributed by atoms with Crippen LogP contribution >= 0.6 is 11.3 Å². The molecule has 0 aliphatic carbocycles. The smallest absolute Gasteiger partial charge is 0.309 e. The number of carboxylic acid groups (broad SMARTS) is 1. The average molecular weight is 828 g/mol. The maximum atomic E-state index is 14.7. The van der Waals surface area contributed by atoms with Crippen molar-refractivity contribution in [1.82, 2.24) is 25.6 Å². The zero-order valence-electron chi connectivity index (χ0n) is 35.5. The molecule has 3 rings (SSSR count). The second-order valence-electron chi connectivity index (χ2n) is 16.3. The van der Waals surface area contributed by atoms with Gasteiger partial charge in [0.05, 0.1) is 24.1 Å². The number of amides is 3. The molecule has 2 heterocycles. The molecule has 15 heteroatoms. The number of unbranched alkanes of at least 4 members (excludes halogenated alkanes) is 2. The number of piperidine rings is 1. The second-order valence-corrected chi connectivity index (χ2v) is 17.2. The molecular formula is C43H65N5O9S. The zero-order valence-corrected chi connectivity index (χ0v) is 36.4. The Morgan fingerprint density at radius 2 is 1.78 bits per heavy atom. The fraction of sp³-hybridized carbons (Fsp3) is 0.628. The fourth-order valence-corrected chi connectivity index (χ4v) is 7.83. The summed E-state index contributed by atoms with van der Waals surface area (Å²) in [5.74, 6) is -2.95. The van der Waals surface area contributed by atoms with Gasteiger partial charge in [0, 0.05) is 24.8 Å². The summed E-state index contributed by atoms with van der Waals surface area (Å²) in [6, 6.07) is 3.81. The minimum Gasteiger partial charge on any atom is -0.508 e. The van der Waals surface area contributed by atoms with Crippen LogP contribution in [-0.4, -0.2) is 99.2 Å². The summed E-state index contributed by atoms with van der Waals surface area (Å²) >= 11 is 1.11. The van der Waals surface area contributed by atoms with Crippen LogP contribution in [0.5, 0.6) is 5.75 Å². The Hall–Kier alpha value is -4.34. The number of nitrogens with one attached hydrogen (secondary N) is 2. The molecule has 0 radical (unpaired) electrons. The van der Waals surface area contributed by atoms with Gasteiger partial charge in [-0.05, 0) is 90.1 Å². The van der Waals surface area contributed by atoms with Gasteiger partial charge < -0.3 is 25.6 Å². The van der Waals surface area contributed by atoms with Crippen LogP contribution in [0.3, 0.4) is 0 Å². The number of carboxylic acids is 1. The van der Waals surface area contributed by atoms with Gasteiger partial charge in [-0.2, -0.15) is 0 Å². The third kappa shape index (κ3) is 14.2. The molecule has 0 spiro atoms. The van der Waals surface area contributed by atoms with Crippen molar-refractivity contribution in [3.05, 3.63) is 58.1 Å². The molecule has 1 aliphatic rings. The maximum absolute atomic E-state index is 14.7. The van der Waals surface area contributed by atoms with Crippen molar-refractivity contribution in [2.45, 2.75) is 143 Å². The number of carbonyl (C=O) groups is 5. The number of ether oxygens (including phenoxy) is 1. The lowest BCUT2D eigenvalue weighted by molar-refractivity contribution is -0.204. The van der Waals surface area contributed by atoms with E-state index in [1.807, 2.05) is 25.8 Å². The van der Waals surface area contributed by atoms with Crippen LogP contribution in [0.15, 0.2) is 41.8 Å². The summed E-state index contributed by atoms with van der Waals surface area (Å²) in [6.07, 6.45) is 5.16. The maximum Gasteiger partial charge on any atom is 0.309 e. The van der Waals surface area contributed by atoms with Gasteiger partial charge in [-0.3, -0.25) is 33.7 Å². The number of hydrogen-bond acceptors (Lipinski definition) is 11. The summed E-state index contributed by atoms with van der Waals surface area (Å²) in [5, 5.41) is 28.7. The third-order valence-corrected chi connectivity index (χ3v) is 11.7. The number of rotatable bonds is 23. The van der Waals surface area contributed by atoms with E-state index in [2.05, 4.69) is 29.1 Å². The van der Waals surface area contributed by atoms with E-state index >= 15 is 0 Å². The SMILES string of the molecule is C=C(C)[C@@H](C[C@@H](OC(C)=O)c1nc(C(=O)N[C@@H](Cc2ccc(O)cc2)CC(C)(C)C(=O)O)cs1)N(OCCCCC)C(=O)[C@@H](NC(=O)[C@H]1CCCCN1C)[C@@H](C)CC. The number of aliphatic carboxylic acids is 1. The van der Waals surface area contributed by atoms with Gasteiger partial charge in [0.2, 0.25) is 5.91 Å². The van der Waals surface area contributed by atoms with E-state index in [4.69, 9.17) is 9.57 Å². The Labute approximate surface area is 347 Å². The molecule has 4 N–H and O–H groups in total. The van der Waals surface area contributed by atoms with E-state index in [0.29, 0.717) is 36.3 Å². The number of nitrogens with zero attached hydrogens (tertiary/aromatic N) is 3. The summed E-state index contributed by atoms with van der Waals surface area (Å²) in [7, 11) is 1.92. The van der Waals surface area contributed by atoms with Crippen molar-refractivity contribution in [3.63, 3.8) is 0 Å². The van der Waals surface area contributed by atoms with Crippen LogP contribution in [0.25, 0.3) is 0 Å². The second kappa shape index (κ2) is 22.7. The quantitative estimate of drug-likeness (QED) is 0.0410. The summed E-state index contributed by atoms with van der Waals surface area (Å²) in [6.45, 7) is 17.4. The number of thiazole rings is 1. The number of aromatic hydroxyl groups is 1. The van der Waals surface area contributed by atoms with E-state index < -0.39 is 53.4 Å². The molecule has 3 amide bonds. The van der Waals surface area contributed by atoms with Crippen molar-refractivity contribution < 1.29 is 43.8 Å². The zero-order chi connectivity index (χ0) is 43.2. The molecule has 0 unspecified atom stereocenters. The number of aromatic nitrogens is 1. The van der Waals surface area contributed by atoms with Gasteiger partial charge in [0.1, 0.15) is 22.5 Å². The molecule has 1 aromatic carbocycles. The Balaban J connectivity index is 1.94. The summed E-state index contributed by atoms with van der Waals surface area (Å²) < 4.78 is 5.81. The molecule has 0 saturated carbocycles. The van der Waals surface area contributed by atoms with Gasteiger partial charge in [-0.25, -0.2) is 10.0 Å². The van der Waals surface area contributed by atoms with Crippen LogP contribution in [0.2, 0.25) is 0 Å². The number of likely N-dealkylation sites (tertiary alicyclic amines) is 1. The van der Waals surface area contributed by atoms with Gasteiger partial charge in [-0.15, -0.1) is 11.3 Å². The normalized spacial score (nSPS) is 17.3. The number of esters is 1. The number of phenols is 1. The first-order valence-corrected chi connectivity index (χ1v) is 21.3. The van der Waals surface area contributed by atoms with Crippen LogP contribution in [0, 0.1) is 11.3 Å². The number of likely N-dealkylation sites (N-methyl/N-ethyl adjacent to an activating group) is 1. The lowest BCUT2D eigenvalue weighted by Gasteiger charge is -2.38. The molecule has 0 bridgehead atoms. The van der Waals surface area contributed by atoms with Gasteiger partial charge in [-0.1, -0.05) is 70.7 Å². The van der Waals surface area contributed by atoms with Crippen molar-refractivity contribution in [2.75, 3.05) is 20.2 Å². The molecule has 14 nitrogen and oxygen atoms in total. The van der Waals surface area contributed by atoms with Gasteiger partial charge in [0.25, 0.3) is 11.8 Å². The number of hydrogen-bond donors (Lipinski definition) is 4. The molecule has 322 valence electrons. The minimum atomic E-state index is -1.16. The van der Waals surface area contributed by atoms with Crippen molar-refractivity contribution in [3.8, 4) is 5.75 Å². The van der Waals surface area contributed by atoms with Gasteiger partial charge >= 0.3 is 11.9 Å². The van der Waals surface area contributed by atoms with E-state index in [9.17, 15) is 34.2 Å². The number of carbonyl (C=O) groups excluding carboxylic acids is 4.